The number of methoxy groups -OCH3 is 1. The second-order valence-corrected chi connectivity index (χ2v) is 6.38. The lowest BCUT2D eigenvalue weighted by atomic mass is 9.93. The minimum atomic E-state index is -0.131. The summed E-state index contributed by atoms with van der Waals surface area (Å²) in [4.78, 5) is 14.7. The van der Waals surface area contributed by atoms with E-state index in [0.29, 0.717) is 0 Å². The predicted octanol–water partition coefficient (Wildman–Crippen LogP) is 3.69. The van der Waals surface area contributed by atoms with E-state index < -0.39 is 0 Å². The highest BCUT2D eigenvalue weighted by Crippen LogP contribution is 2.38. The van der Waals surface area contributed by atoms with Crippen molar-refractivity contribution in [2.45, 2.75) is 57.7 Å². The third-order valence-electron chi connectivity index (χ3n) is 4.95. The van der Waals surface area contributed by atoms with Crippen LogP contribution in [0.3, 0.4) is 0 Å². The van der Waals surface area contributed by atoms with Gasteiger partial charge in [-0.2, -0.15) is 0 Å². The number of ether oxygens (including phenoxy) is 1. The Morgan fingerprint density at radius 2 is 1.95 bits per heavy atom. The molecule has 1 heterocycles. The molecule has 2 atom stereocenters. The first kappa shape index (κ1) is 15.3. The Kier molecular flexibility index (Phi) is 4.63. The molecular weight excluding hydrogens is 274 g/mol. The SMILES string of the molecule is CO[C@@H]1C2=C(CCCC2)C(=O)N1[C@H](C)CCc1ccccc1. The van der Waals surface area contributed by atoms with Gasteiger partial charge in [0.15, 0.2) is 6.23 Å². The van der Waals surface area contributed by atoms with Crippen LogP contribution in [0.5, 0.6) is 0 Å². The molecule has 0 N–H and O–H groups in total. The average molecular weight is 299 g/mol. The van der Waals surface area contributed by atoms with Crippen molar-refractivity contribution in [2.24, 2.45) is 0 Å². The van der Waals surface area contributed by atoms with Gasteiger partial charge in [0.25, 0.3) is 5.91 Å². The van der Waals surface area contributed by atoms with Crippen molar-refractivity contribution in [1.82, 2.24) is 4.90 Å². The fourth-order valence-electron chi connectivity index (χ4n) is 3.72. The summed E-state index contributed by atoms with van der Waals surface area (Å²) in [5, 5.41) is 0. The molecule has 0 unspecified atom stereocenters. The fraction of sp³-hybridized carbons (Fsp3) is 0.526. The molecule has 0 saturated heterocycles. The molecule has 2 aliphatic rings. The first-order valence-corrected chi connectivity index (χ1v) is 8.33. The molecule has 0 spiro atoms. The summed E-state index contributed by atoms with van der Waals surface area (Å²) in [7, 11) is 1.72. The number of amides is 1. The van der Waals surface area contributed by atoms with E-state index in [4.69, 9.17) is 4.74 Å². The number of benzene rings is 1. The maximum atomic E-state index is 12.7. The summed E-state index contributed by atoms with van der Waals surface area (Å²) < 4.78 is 5.68. The highest BCUT2D eigenvalue weighted by molar-refractivity contribution is 5.97. The smallest absolute Gasteiger partial charge is 0.252 e. The zero-order valence-corrected chi connectivity index (χ0v) is 13.5. The van der Waals surface area contributed by atoms with Gasteiger partial charge >= 0.3 is 0 Å². The van der Waals surface area contributed by atoms with Crippen LogP contribution in [0.15, 0.2) is 41.5 Å². The molecule has 1 aromatic carbocycles. The normalized spacial score (nSPS) is 22.9. The van der Waals surface area contributed by atoms with Gasteiger partial charge in [-0.25, -0.2) is 0 Å². The Hall–Kier alpha value is -1.61. The van der Waals surface area contributed by atoms with E-state index in [1.54, 1.807) is 7.11 Å². The number of aryl methyl sites for hydroxylation is 1. The Labute approximate surface area is 133 Å². The predicted molar refractivity (Wildman–Crippen MR) is 87.4 cm³/mol. The van der Waals surface area contributed by atoms with E-state index in [-0.39, 0.29) is 18.2 Å². The van der Waals surface area contributed by atoms with Crippen LogP contribution in [-0.2, 0) is 16.0 Å². The summed E-state index contributed by atoms with van der Waals surface area (Å²) in [6.07, 6.45) is 6.08. The van der Waals surface area contributed by atoms with Gasteiger partial charge in [0.05, 0.1) is 0 Å². The maximum absolute atomic E-state index is 12.7. The van der Waals surface area contributed by atoms with E-state index in [9.17, 15) is 4.79 Å². The minimum Gasteiger partial charge on any atom is -0.357 e. The third kappa shape index (κ3) is 2.82. The van der Waals surface area contributed by atoms with Gasteiger partial charge in [0.2, 0.25) is 0 Å². The molecule has 1 aliphatic carbocycles. The van der Waals surface area contributed by atoms with Crippen molar-refractivity contribution in [2.75, 3.05) is 7.11 Å². The van der Waals surface area contributed by atoms with Crippen molar-refractivity contribution >= 4 is 5.91 Å². The Morgan fingerprint density at radius 3 is 2.68 bits per heavy atom. The number of carbonyl (C=O) groups excluding carboxylic acids is 1. The zero-order chi connectivity index (χ0) is 15.5. The van der Waals surface area contributed by atoms with E-state index in [1.165, 1.54) is 17.6 Å². The number of carbonyl (C=O) groups is 1. The average Bonchev–Trinajstić information content (AvgIpc) is 2.86. The Bertz CT molecular complexity index is 564. The largest absolute Gasteiger partial charge is 0.357 e. The molecule has 1 aliphatic heterocycles. The molecule has 1 aromatic rings. The molecule has 22 heavy (non-hydrogen) atoms. The van der Waals surface area contributed by atoms with Crippen LogP contribution in [-0.4, -0.2) is 30.2 Å². The van der Waals surface area contributed by atoms with Gasteiger partial charge in [-0.05, 0) is 56.6 Å². The molecule has 0 fully saturated rings. The van der Waals surface area contributed by atoms with Gasteiger partial charge < -0.3 is 9.64 Å². The first-order valence-electron chi connectivity index (χ1n) is 8.33. The standard InChI is InChI=1S/C19H25NO2/c1-14(12-13-15-8-4-3-5-9-15)20-18(21)16-10-6-7-11-17(16)19(20)22-2/h3-5,8-9,14,19H,6-7,10-13H2,1-2H3/t14-,19-/m1/s1. The fourth-order valence-corrected chi connectivity index (χ4v) is 3.72. The van der Waals surface area contributed by atoms with E-state index in [0.717, 1.165) is 37.7 Å². The topological polar surface area (TPSA) is 29.5 Å². The lowest BCUT2D eigenvalue weighted by molar-refractivity contribution is -0.137. The zero-order valence-electron chi connectivity index (χ0n) is 13.5. The van der Waals surface area contributed by atoms with Crippen molar-refractivity contribution < 1.29 is 9.53 Å². The number of hydrogen-bond donors (Lipinski definition) is 0. The van der Waals surface area contributed by atoms with Gasteiger partial charge in [-0.1, -0.05) is 30.3 Å². The van der Waals surface area contributed by atoms with Crippen molar-refractivity contribution in [3.8, 4) is 0 Å². The highest BCUT2D eigenvalue weighted by atomic mass is 16.5. The van der Waals surface area contributed by atoms with Crippen LogP contribution >= 0.6 is 0 Å². The van der Waals surface area contributed by atoms with Crippen molar-refractivity contribution in [3.63, 3.8) is 0 Å². The van der Waals surface area contributed by atoms with Crippen LogP contribution in [0.1, 0.15) is 44.6 Å². The van der Waals surface area contributed by atoms with Crippen LogP contribution in [0, 0.1) is 0 Å². The van der Waals surface area contributed by atoms with Crippen LogP contribution in [0.25, 0.3) is 0 Å². The summed E-state index contributed by atoms with van der Waals surface area (Å²) in [5.41, 5.74) is 3.60. The molecule has 0 radical (unpaired) electrons. The molecule has 118 valence electrons. The highest BCUT2D eigenvalue weighted by Gasteiger charge is 2.41. The number of nitrogens with zero attached hydrogens (tertiary/aromatic N) is 1. The van der Waals surface area contributed by atoms with Crippen LogP contribution < -0.4 is 0 Å². The molecule has 3 heteroatoms. The van der Waals surface area contributed by atoms with Gasteiger partial charge in [0.1, 0.15) is 0 Å². The van der Waals surface area contributed by atoms with E-state index in [2.05, 4.69) is 31.2 Å². The summed E-state index contributed by atoms with van der Waals surface area (Å²) in [6.45, 7) is 2.14. The van der Waals surface area contributed by atoms with Crippen molar-refractivity contribution in [1.29, 1.82) is 0 Å². The summed E-state index contributed by atoms with van der Waals surface area (Å²) >= 11 is 0. The van der Waals surface area contributed by atoms with Crippen molar-refractivity contribution in [3.05, 3.63) is 47.0 Å². The monoisotopic (exact) mass is 299 g/mol. The quantitative estimate of drug-likeness (QED) is 0.830. The maximum Gasteiger partial charge on any atom is 0.252 e. The summed E-state index contributed by atoms with van der Waals surface area (Å²) in [6, 6.07) is 10.7. The third-order valence-corrected chi connectivity index (χ3v) is 4.95. The molecule has 0 saturated carbocycles. The number of rotatable bonds is 5. The molecule has 0 bridgehead atoms. The molecule has 1 amide bonds. The summed E-state index contributed by atoms with van der Waals surface area (Å²) in [5.74, 6) is 0.210. The van der Waals surface area contributed by atoms with E-state index >= 15 is 0 Å². The van der Waals surface area contributed by atoms with Crippen LogP contribution in [0.4, 0.5) is 0 Å². The minimum absolute atomic E-state index is 0.131. The molecule has 3 rings (SSSR count). The Balaban J connectivity index is 1.69. The first-order chi connectivity index (χ1) is 10.7. The lowest BCUT2D eigenvalue weighted by Crippen LogP contribution is -2.43. The van der Waals surface area contributed by atoms with E-state index in [1.807, 2.05) is 11.0 Å². The molecule has 3 nitrogen and oxygen atoms in total. The van der Waals surface area contributed by atoms with Gasteiger partial charge in [0, 0.05) is 18.7 Å². The second kappa shape index (κ2) is 6.66. The lowest BCUT2D eigenvalue weighted by Gasteiger charge is -2.31. The van der Waals surface area contributed by atoms with Gasteiger partial charge in [-0.15, -0.1) is 0 Å². The molecule has 0 aromatic heterocycles. The van der Waals surface area contributed by atoms with Gasteiger partial charge in [-0.3, -0.25) is 4.79 Å². The molecular formula is C19H25NO2. The Morgan fingerprint density at radius 1 is 1.23 bits per heavy atom. The second-order valence-electron chi connectivity index (χ2n) is 6.38. The van der Waals surface area contributed by atoms with Crippen LogP contribution in [0.2, 0.25) is 0 Å². The number of hydrogen-bond acceptors (Lipinski definition) is 2.